The molecular weight excluding hydrogens is 264 g/mol. The van der Waals surface area contributed by atoms with Crippen molar-refractivity contribution in [3.63, 3.8) is 0 Å². The fraction of sp³-hybridized carbons (Fsp3) is 0.167. The van der Waals surface area contributed by atoms with Crippen molar-refractivity contribution < 1.29 is 14.5 Å². The minimum atomic E-state index is -0.499. The second kappa shape index (κ2) is 6.32. The number of nitro groups is 1. The molecule has 0 spiro atoms. The van der Waals surface area contributed by atoms with Gasteiger partial charge in [-0.3, -0.25) is 20.0 Å². The molecule has 0 aliphatic rings. The highest BCUT2D eigenvalue weighted by Gasteiger charge is 2.06. The molecule has 2 N–H and O–H groups in total. The largest absolute Gasteiger partial charge is 0.484 e. The zero-order chi connectivity index (χ0) is 14.4. The minimum Gasteiger partial charge on any atom is -0.484 e. The number of hydrogen-bond donors (Lipinski definition) is 2. The number of nitro benzene ring substituents is 1. The molecule has 0 aliphatic heterocycles. The maximum atomic E-state index is 11.5. The van der Waals surface area contributed by atoms with Gasteiger partial charge in [0.2, 0.25) is 0 Å². The summed E-state index contributed by atoms with van der Waals surface area (Å²) in [6, 6.07) is 5.53. The maximum absolute atomic E-state index is 11.5. The highest BCUT2D eigenvalue weighted by molar-refractivity contribution is 5.77. The molecule has 0 bridgehead atoms. The summed E-state index contributed by atoms with van der Waals surface area (Å²) >= 11 is 0. The summed E-state index contributed by atoms with van der Waals surface area (Å²) in [5.41, 5.74) is 0.829. The molecule has 1 amide bonds. The quantitative estimate of drug-likeness (QED) is 0.604. The first-order chi connectivity index (χ1) is 9.65. The summed E-state index contributed by atoms with van der Waals surface area (Å²) in [6.07, 6.45) is 3.29. The van der Waals surface area contributed by atoms with E-state index in [2.05, 4.69) is 15.5 Å². The van der Waals surface area contributed by atoms with Crippen molar-refractivity contribution in [1.29, 1.82) is 0 Å². The lowest BCUT2D eigenvalue weighted by molar-refractivity contribution is -0.384. The molecule has 0 unspecified atom stereocenters. The van der Waals surface area contributed by atoms with Crippen LogP contribution >= 0.6 is 0 Å². The van der Waals surface area contributed by atoms with Gasteiger partial charge in [-0.2, -0.15) is 5.10 Å². The van der Waals surface area contributed by atoms with Gasteiger partial charge in [0.1, 0.15) is 5.75 Å². The van der Waals surface area contributed by atoms with Gasteiger partial charge in [-0.25, -0.2) is 0 Å². The molecular formula is C12H12N4O4. The first-order valence-electron chi connectivity index (χ1n) is 5.77. The van der Waals surface area contributed by atoms with Gasteiger partial charge in [-0.1, -0.05) is 0 Å². The smallest absolute Gasteiger partial charge is 0.269 e. The Kier molecular flexibility index (Phi) is 4.28. The average molecular weight is 276 g/mol. The molecule has 0 fully saturated rings. The van der Waals surface area contributed by atoms with Crippen molar-refractivity contribution in [1.82, 2.24) is 15.5 Å². The molecule has 0 atom stereocenters. The predicted octanol–water partition coefficient (Wildman–Crippen LogP) is 1.01. The molecule has 8 heteroatoms. The van der Waals surface area contributed by atoms with Crippen LogP contribution in [0.2, 0.25) is 0 Å². The summed E-state index contributed by atoms with van der Waals surface area (Å²) < 4.78 is 5.21. The number of nitrogens with one attached hydrogen (secondary N) is 2. The highest BCUT2D eigenvalue weighted by Crippen LogP contribution is 2.16. The van der Waals surface area contributed by atoms with Gasteiger partial charge in [0.05, 0.1) is 11.1 Å². The molecule has 0 aliphatic carbocycles. The average Bonchev–Trinajstić information content (AvgIpc) is 2.96. The maximum Gasteiger partial charge on any atom is 0.269 e. The molecule has 1 heterocycles. The number of amides is 1. The van der Waals surface area contributed by atoms with Crippen LogP contribution < -0.4 is 10.1 Å². The van der Waals surface area contributed by atoms with Crippen LogP contribution in [-0.4, -0.2) is 27.6 Å². The number of aromatic nitrogens is 2. The topological polar surface area (TPSA) is 110 Å². The van der Waals surface area contributed by atoms with Crippen LogP contribution in [0.15, 0.2) is 36.7 Å². The SMILES string of the molecule is O=C(COc1ccc([N+](=O)[O-])cc1)NCc1cn[nH]c1. The Bertz CT molecular complexity index is 580. The van der Waals surface area contributed by atoms with Crippen LogP contribution in [0.4, 0.5) is 5.69 Å². The molecule has 0 saturated carbocycles. The second-order valence-electron chi connectivity index (χ2n) is 3.92. The summed E-state index contributed by atoms with van der Waals surface area (Å²) in [6.45, 7) is 0.203. The number of carbonyl (C=O) groups is 1. The number of nitrogens with zero attached hydrogens (tertiary/aromatic N) is 2. The van der Waals surface area contributed by atoms with E-state index in [-0.39, 0.29) is 18.2 Å². The fourth-order valence-corrected chi connectivity index (χ4v) is 1.44. The van der Waals surface area contributed by atoms with E-state index in [0.717, 1.165) is 5.56 Å². The van der Waals surface area contributed by atoms with E-state index in [1.807, 2.05) is 0 Å². The number of H-pyrrole nitrogens is 1. The third-order valence-corrected chi connectivity index (χ3v) is 2.46. The number of carbonyl (C=O) groups excluding carboxylic acids is 1. The van der Waals surface area contributed by atoms with E-state index >= 15 is 0 Å². The van der Waals surface area contributed by atoms with Crippen molar-refractivity contribution >= 4 is 11.6 Å². The van der Waals surface area contributed by atoms with Crippen LogP contribution in [-0.2, 0) is 11.3 Å². The molecule has 104 valence electrons. The van der Waals surface area contributed by atoms with Gasteiger partial charge in [-0.05, 0) is 12.1 Å². The fourth-order valence-electron chi connectivity index (χ4n) is 1.44. The Morgan fingerprint density at radius 3 is 2.75 bits per heavy atom. The van der Waals surface area contributed by atoms with E-state index < -0.39 is 4.92 Å². The number of aromatic amines is 1. The standard InChI is InChI=1S/C12H12N4O4/c17-12(13-5-9-6-14-15-7-9)8-20-11-3-1-10(2-4-11)16(18)19/h1-4,6-7H,5,8H2,(H,13,17)(H,14,15). The second-order valence-corrected chi connectivity index (χ2v) is 3.92. The van der Waals surface area contributed by atoms with Crippen molar-refractivity contribution in [2.75, 3.05) is 6.61 Å². The van der Waals surface area contributed by atoms with Gasteiger partial charge >= 0.3 is 0 Å². The molecule has 1 aromatic carbocycles. The number of rotatable bonds is 6. The Morgan fingerprint density at radius 1 is 1.40 bits per heavy atom. The van der Waals surface area contributed by atoms with Gasteiger partial charge in [0.25, 0.3) is 11.6 Å². The molecule has 2 rings (SSSR count). The Balaban J connectivity index is 1.76. The van der Waals surface area contributed by atoms with Crippen LogP contribution in [0.1, 0.15) is 5.56 Å². The van der Waals surface area contributed by atoms with E-state index in [1.54, 1.807) is 12.4 Å². The predicted molar refractivity (Wildman–Crippen MR) is 69.0 cm³/mol. The molecule has 1 aromatic heterocycles. The van der Waals surface area contributed by atoms with Crippen molar-refractivity contribution in [2.24, 2.45) is 0 Å². The first kappa shape index (κ1) is 13.5. The molecule has 0 saturated heterocycles. The van der Waals surface area contributed by atoms with E-state index in [1.165, 1.54) is 24.3 Å². The number of ether oxygens (including phenoxy) is 1. The van der Waals surface area contributed by atoms with Crippen molar-refractivity contribution in [3.8, 4) is 5.75 Å². The Morgan fingerprint density at radius 2 is 2.15 bits per heavy atom. The van der Waals surface area contributed by atoms with E-state index in [4.69, 9.17) is 4.74 Å². The van der Waals surface area contributed by atoms with Crippen LogP contribution in [0.5, 0.6) is 5.75 Å². The summed E-state index contributed by atoms with van der Waals surface area (Å²) in [5.74, 6) is 0.110. The Hall–Kier alpha value is -2.90. The third kappa shape index (κ3) is 3.80. The van der Waals surface area contributed by atoms with Crippen LogP contribution in [0.3, 0.4) is 0 Å². The summed E-state index contributed by atoms with van der Waals surface area (Å²) in [4.78, 5) is 21.5. The minimum absolute atomic E-state index is 0.0261. The van der Waals surface area contributed by atoms with E-state index in [0.29, 0.717) is 12.3 Å². The number of benzene rings is 1. The molecule has 2 aromatic rings. The number of non-ortho nitro benzene ring substituents is 1. The van der Waals surface area contributed by atoms with Gasteiger partial charge in [0, 0.05) is 30.4 Å². The number of hydrogen-bond acceptors (Lipinski definition) is 5. The normalized spacial score (nSPS) is 10.0. The first-order valence-corrected chi connectivity index (χ1v) is 5.77. The molecule has 20 heavy (non-hydrogen) atoms. The lowest BCUT2D eigenvalue weighted by atomic mass is 10.3. The van der Waals surface area contributed by atoms with Gasteiger partial charge in [0.15, 0.2) is 6.61 Å². The lowest BCUT2D eigenvalue weighted by Crippen LogP contribution is -2.28. The third-order valence-electron chi connectivity index (χ3n) is 2.46. The van der Waals surface area contributed by atoms with Gasteiger partial charge < -0.3 is 10.1 Å². The zero-order valence-corrected chi connectivity index (χ0v) is 10.4. The monoisotopic (exact) mass is 276 g/mol. The zero-order valence-electron chi connectivity index (χ0n) is 10.4. The van der Waals surface area contributed by atoms with Crippen LogP contribution in [0, 0.1) is 10.1 Å². The molecule has 0 radical (unpaired) electrons. The van der Waals surface area contributed by atoms with Crippen molar-refractivity contribution in [2.45, 2.75) is 6.54 Å². The molecule has 8 nitrogen and oxygen atoms in total. The Labute approximate surface area is 113 Å². The van der Waals surface area contributed by atoms with Gasteiger partial charge in [-0.15, -0.1) is 0 Å². The van der Waals surface area contributed by atoms with Crippen molar-refractivity contribution in [3.05, 3.63) is 52.3 Å². The highest BCUT2D eigenvalue weighted by atomic mass is 16.6. The lowest BCUT2D eigenvalue weighted by Gasteiger charge is -2.06. The summed E-state index contributed by atoms with van der Waals surface area (Å²) in [7, 11) is 0. The van der Waals surface area contributed by atoms with E-state index in [9.17, 15) is 14.9 Å². The van der Waals surface area contributed by atoms with Crippen LogP contribution in [0.25, 0.3) is 0 Å². The summed E-state index contributed by atoms with van der Waals surface area (Å²) in [5, 5.41) is 19.5.